The minimum atomic E-state index is -1.68. The molecular formula is C10H19N3O5. The standard InChI is InChI=1S/C10H19N3O5/c1-5(2)3-6(13-10(11)18)8(15)12-4-7(14)9(16)17/h5-7,14H,3-4H2,1-2H3,(H,12,15)(H,16,17)(H3,11,13,18)/t6?,7-/m0/s1. The summed E-state index contributed by atoms with van der Waals surface area (Å²) in [6.07, 6.45) is -1.32. The number of primary amides is 1. The Labute approximate surface area is 105 Å². The monoisotopic (exact) mass is 261 g/mol. The van der Waals surface area contributed by atoms with Crippen LogP contribution in [0.1, 0.15) is 20.3 Å². The van der Waals surface area contributed by atoms with Crippen molar-refractivity contribution in [3.63, 3.8) is 0 Å². The molecule has 0 rings (SSSR count). The third kappa shape index (κ3) is 6.69. The van der Waals surface area contributed by atoms with Crippen LogP contribution in [0.5, 0.6) is 0 Å². The Hall–Kier alpha value is -1.83. The number of carboxylic acid groups (broad SMARTS) is 1. The zero-order valence-corrected chi connectivity index (χ0v) is 10.3. The van der Waals surface area contributed by atoms with E-state index in [-0.39, 0.29) is 5.92 Å². The van der Waals surface area contributed by atoms with E-state index in [1.165, 1.54) is 0 Å². The number of carbonyl (C=O) groups is 3. The van der Waals surface area contributed by atoms with Crippen LogP contribution >= 0.6 is 0 Å². The van der Waals surface area contributed by atoms with Crippen molar-refractivity contribution in [2.75, 3.05) is 6.54 Å². The van der Waals surface area contributed by atoms with Crippen LogP contribution in [0.15, 0.2) is 0 Å². The maximum absolute atomic E-state index is 11.7. The zero-order valence-electron chi connectivity index (χ0n) is 10.3. The van der Waals surface area contributed by atoms with Crippen molar-refractivity contribution >= 4 is 17.9 Å². The van der Waals surface area contributed by atoms with Crippen LogP contribution in [0.2, 0.25) is 0 Å². The molecular weight excluding hydrogens is 242 g/mol. The molecule has 18 heavy (non-hydrogen) atoms. The molecule has 0 aromatic carbocycles. The lowest BCUT2D eigenvalue weighted by atomic mass is 10.0. The molecule has 2 atom stereocenters. The van der Waals surface area contributed by atoms with Crippen LogP contribution in [0.3, 0.4) is 0 Å². The molecule has 0 spiro atoms. The van der Waals surface area contributed by atoms with E-state index >= 15 is 0 Å². The first-order chi connectivity index (χ1) is 8.23. The number of urea groups is 1. The van der Waals surface area contributed by atoms with E-state index in [1.54, 1.807) is 0 Å². The van der Waals surface area contributed by atoms with E-state index in [0.29, 0.717) is 6.42 Å². The van der Waals surface area contributed by atoms with Gasteiger partial charge in [0.2, 0.25) is 5.91 Å². The highest BCUT2D eigenvalue weighted by Crippen LogP contribution is 2.04. The Balaban J connectivity index is 4.37. The second-order valence-corrected chi connectivity index (χ2v) is 4.29. The average molecular weight is 261 g/mol. The fourth-order valence-electron chi connectivity index (χ4n) is 1.28. The van der Waals surface area contributed by atoms with Gasteiger partial charge in [-0.1, -0.05) is 13.8 Å². The minimum absolute atomic E-state index is 0.136. The number of hydrogen-bond donors (Lipinski definition) is 5. The van der Waals surface area contributed by atoms with E-state index in [0.717, 1.165) is 0 Å². The Kier molecular flexibility index (Phi) is 6.73. The Morgan fingerprint density at radius 2 is 1.83 bits per heavy atom. The molecule has 0 saturated carbocycles. The van der Waals surface area contributed by atoms with Gasteiger partial charge in [-0.15, -0.1) is 0 Å². The van der Waals surface area contributed by atoms with Gasteiger partial charge >= 0.3 is 12.0 Å². The van der Waals surface area contributed by atoms with Crippen molar-refractivity contribution < 1.29 is 24.6 Å². The fourth-order valence-corrected chi connectivity index (χ4v) is 1.28. The highest BCUT2D eigenvalue weighted by atomic mass is 16.4. The molecule has 0 saturated heterocycles. The first-order valence-corrected chi connectivity index (χ1v) is 5.48. The number of carbonyl (C=O) groups excluding carboxylic acids is 2. The maximum atomic E-state index is 11.7. The van der Waals surface area contributed by atoms with Crippen LogP contribution in [0, 0.1) is 5.92 Å². The van der Waals surface area contributed by atoms with Crippen molar-refractivity contribution in [3.8, 4) is 0 Å². The SMILES string of the molecule is CC(C)CC(NC(N)=O)C(=O)NC[C@H](O)C(=O)O. The summed E-state index contributed by atoms with van der Waals surface area (Å²) in [6.45, 7) is 3.29. The van der Waals surface area contributed by atoms with Crippen molar-refractivity contribution in [2.45, 2.75) is 32.4 Å². The summed E-state index contributed by atoms with van der Waals surface area (Å²) in [7, 11) is 0. The number of nitrogens with two attached hydrogens (primary N) is 1. The van der Waals surface area contributed by atoms with Gasteiger partial charge in [-0.3, -0.25) is 4.79 Å². The van der Waals surface area contributed by atoms with Crippen LogP contribution in [0.25, 0.3) is 0 Å². The van der Waals surface area contributed by atoms with Gasteiger partial charge in [0.1, 0.15) is 6.04 Å². The van der Waals surface area contributed by atoms with Gasteiger partial charge in [0, 0.05) is 0 Å². The molecule has 0 aromatic heterocycles. The summed E-state index contributed by atoms with van der Waals surface area (Å²) >= 11 is 0. The van der Waals surface area contributed by atoms with E-state index < -0.39 is 36.6 Å². The summed E-state index contributed by atoms with van der Waals surface area (Å²) in [5.41, 5.74) is 4.94. The largest absolute Gasteiger partial charge is 0.479 e. The normalized spacial score (nSPS) is 13.8. The molecule has 0 aliphatic rings. The molecule has 0 aliphatic carbocycles. The summed E-state index contributed by atoms with van der Waals surface area (Å²) in [6, 6.07) is -1.68. The molecule has 8 heteroatoms. The van der Waals surface area contributed by atoms with Gasteiger partial charge < -0.3 is 26.6 Å². The lowest BCUT2D eigenvalue weighted by Gasteiger charge is -2.19. The zero-order chi connectivity index (χ0) is 14.3. The van der Waals surface area contributed by atoms with Crippen LogP contribution in [-0.2, 0) is 9.59 Å². The average Bonchev–Trinajstić information content (AvgIpc) is 2.22. The molecule has 0 fully saturated rings. The summed E-state index contributed by atoms with van der Waals surface area (Å²) in [5.74, 6) is -1.88. The van der Waals surface area contributed by atoms with Crippen LogP contribution in [0.4, 0.5) is 4.79 Å². The lowest BCUT2D eigenvalue weighted by Crippen LogP contribution is -2.51. The predicted octanol–water partition coefficient (Wildman–Crippen LogP) is -1.37. The van der Waals surface area contributed by atoms with Gasteiger partial charge in [0.05, 0.1) is 6.54 Å². The lowest BCUT2D eigenvalue weighted by molar-refractivity contribution is -0.146. The number of amides is 3. The number of hydrogen-bond acceptors (Lipinski definition) is 4. The second-order valence-electron chi connectivity index (χ2n) is 4.29. The Morgan fingerprint density at radius 1 is 1.28 bits per heavy atom. The first-order valence-electron chi connectivity index (χ1n) is 5.48. The van der Waals surface area contributed by atoms with Crippen molar-refractivity contribution in [2.24, 2.45) is 11.7 Å². The number of rotatable bonds is 7. The highest BCUT2D eigenvalue weighted by molar-refractivity contribution is 5.86. The molecule has 0 aliphatic heterocycles. The number of aliphatic hydroxyl groups is 1. The third-order valence-corrected chi connectivity index (χ3v) is 2.09. The van der Waals surface area contributed by atoms with E-state index in [2.05, 4.69) is 10.6 Å². The molecule has 6 N–H and O–H groups in total. The quantitative estimate of drug-likeness (QED) is 0.384. The minimum Gasteiger partial charge on any atom is -0.479 e. The summed E-state index contributed by atoms with van der Waals surface area (Å²) in [5, 5.41) is 21.9. The summed E-state index contributed by atoms with van der Waals surface area (Å²) in [4.78, 5) is 32.7. The first kappa shape index (κ1) is 16.2. The van der Waals surface area contributed by atoms with Gasteiger partial charge in [0.25, 0.3) is 0 Å². The van der Waals surface area contributed by atoms with E-state index in [4.69, 9.17) is 15.9 Å². The molecule has 0 heterocycles. The third-order valence-electron chi connectivity index (χ3n) is 2.09. The second kappa shape index (κ2) is 7.49. The van der Waals surface area contributed by atoms with Crippen LogP contribution < -0.4 is 16.4 Å². The number of carboxylic acids is 1. The Morgan fingerprint density at radius 3 is 2.22 bits per heavy atom. The number of aliphatic carboxylic acids is 1. The van der Waals surface area contributed by atoms with E-state index in [1.807, 2.05) is 13.8 Å². The van der Waals surface area contributed by atoms with Gasteiger partial charge in [0.15, 0.2) is 6.10 Å². The fraction of sp³-hybridized carbons (Fsp3) is 0.700. The summed E-state index contributed by atoms with van der Waals surface area (Å²) < 4.78 is 0. The molecule has 8 nitrogen and oxygen atoms in total. The smallest absolute Gasteiger partial charge is 0.334 e. The molecule has 0 bridgehead atoms. The number of aliphatic hydroxyl groups excluding tert-OH is 1. The molecule has 0 aromatic rings. The topological polar surface area (TPSA) is 142 Å². The maximum Gasteiger partial charge on any atom is 0.334 e. The molecule has 0 radical (unpaired) electrons. The van der Waals surface area contributed by atoms with Crippen molar-refractivity contribution in [1.82, 2.24) is 10.6 Å². The van der Waals surface area contributed by atoms with Gasteiger partial charge in [-0.2, -0.15) is 0 Å². The van der Waals surface area contributed by atoms with E-state index in [9.17, 15) is 14.4 Å². The number of nitrogens with one attached hydrogen (secondary N) is 2. The van der Waals surface area contributed by atoms with Gasteiger partial charge in [-0.05, 0) is 12.3 Å². The van der Waals surface area contributed by atoms with Crippen molar-refractivity contribution in [3.05, 3.63) is 0 Å². The van der Waals surface area contributed by atoms with Gasteiger partial charge in [-0.25, -0.2) is 9.59 Å². The molecule has 1 unspecified atom stereocenters. The highest BCUT2D eigenvalue weighted by Gasteiger charge is 2.22. The predicted molar refractivity (Wildman–Crippen MR) is 62.6 cm³/mol. The Bertz CT molecular complexity index is 319. The molecule has 3 amide bonds. The molecule has 104 valence electrons. The van der Waals surface area contributed by atoms with Crippen molar-refractivity contribution in [1.29, 1.82) is 0 Å². The van der Waals surface area contributed by atoms with Crippen LogP contribution in [-0.4, -0.2) is 46.8 Å².